The first-order chi connectivity index (χ1) is 7.70. The smallest absolute Gasteiger partial charge is 0.310 e. The van der Waals surface area contributed by atoms with E-state index in [0.29, 0.717) is 6.54 Å². The average Bonchev–Trinajstić information content (AvgIpc) is 2.24. The van der Waals surface area contributed by atoms with Gasteiger partial charge in [0.15, 0.2) is 0 Å². The zero-order chi connectivity index (χ0) is 13.1. The van der Waals surface area contributed by atoms with Crippen LogP contribution in [0.3, 0.4) is 0 Å². The second-order valence-corrected chi connectivity index (χ2v) is 5.21. The molecule has 1 aliphatic heterocycles. The van der Waals surface area contributed by atoms with Crippen LogP contribution in [0.25, 0.3) is 0 Å². The Balaban J connectivity index is 2.43. The Labute approximate surface area is 100 Å². The van der Waals surface area contributed by atoms with Gasteiger partial charge in [0, 0.05) is 24.7 Å². The lowest BCUT2D eigenvalue weighted by Gasteiger charge is -2.32. The van der Waals surface area contributed by atoms with Crippen LogP contribution in [0.15, 0.2) is 0 Å². The molecule has 1 atom stereocenters. The van der Waals surface area contributed by atoms with E-state index in [4.69, 9.17) is 0 Å². The summed E-state index contributed by atoms with van der Waals surface area (Å²) in [6.45, 7) is 7.79. The van der Waals surface area contributed by atoms with Crippen LogP contribution in [0.5, 0.6) is 0 Å². The molecule has 6 heteroatoms. The van der Waals surface area contributed by atoms with Crippen molar-refractivity contribution >= 4 is 0 Å². The number of nitrogens with zero attached hydrogens (tertiary/aromatic N) is 1. The second kappa shape index (κ2) is 5.54. The molecule has 3 nitrogen and oxygen atoms in total. The van der Waals surface area contributed by atoms with E-state index in [-0.39, 0.29) is 18.2 Å². The van der Waals surface area contributed by atoms with Crippen molar-refractivity contribution < 1.29 is 17.9 Å². The van der Waals surface area contributed by atoms with Gasteiger partial charge in [-0.3, -0.25) is 9.64 Å². The van der Waals surface area contributed by atoms with Gasteiger partial charge >= 0.3 is 6.36 Å². The minimum Gasteiger partial charge on any atom is -0.310 e. The van der Waals surface area contributed by atoms with E-state index < -0.39 is 6.36 Å². The van der Waals surface area contributed by atoms with E-state index in [2.05, 4.69) is 23.9 Å². The van der Waals surface area contributed by atoms with Gasteiger partial charge in [-0.1, -0.05) is 0 Å². The normalized spacial score (nSPS) is 26.8. The Morgan fingerprint density at radius 1 is 1.41 bits per heavy atom. The van der Waals surface area contributed by atoms with Crippen molar-refractivity contribution in [3.05, 3.63) is 0 Å². The third-order valence-electron chi connectivity index (χ3n) is 3.03. The maximum atomic E-state index is 11.9. The van der Waals surface area contributed by atoms with Crippen molar-refractivity contribution in [2.75, 3.05) is 26.2 Å². The third-order valence-corrected chi connectivity index (χ3v) is 3.03. The molecule has 0 spiro atoms. The molecule has 0 aromatic carbocycles. The molecule has 0 bridgehead atoms. The lowest BCUT2D eigenvalue weighted by Crippen LogP contribution is -2.48. The Hall–Kier alpha value is -0.330. The van der Waals surface area contributed by atoms with Crippen LogP contribution in [0.2, 0.25) is 0 Å². The molecule has 102 valence electrons. The van der Waals surface area contributed by atoms with Crippen LogP contribution in [0, 0.1) is 0 Å². The molecule has 1 N–H and O–H groups in total. The number of rotatable bonds is 3. The second-order valence-electron chi connectivity index (χ2n) is 5.21. The Morgan fingerprint density at radius 2 is 2.06 bits per heavy atom. The molecule has 1 fully saturated rings. The fourth-order valence-electron chi connectivity index (χ4n) is 2.10. The molecule has 0 aromatic rings. The van der Waals surface area contributed by atoms with E-state index in [9.17, 15) is 13.2 Å². The predicted octanol–water partition coefficient (Wildman–Crippen LogP) is 1.99. The number of ether oxygens (including phenoxy) is 1. The number of halogens is 3. The summed E-state index contributed by atoms with van der Waals surface area (Å²) >= 11 is 0. The summed E-state index contributed by atoms with van der Waals surface area (Å²) in [7, 11) is 0. The monoisotopic (exact) mass is 254 g/mol. The van der Waals surface area contributed by atoms with Gasteiger partial charge in [-0.2, -0.15) is 0 Å². The first kappa shape index (κ1) is 14.7. The molecule has 0 aromatic heterocycles. The molecule has 1 aliphatic rings. The molecule has 17 heavy (non-hydrogen) atoms. The Bertz CT molecular complexity index is 243. The first-order valence-corrected chi connectivity index (χ1v) is 5.89. The van der Waals surface area contributed by atoms with Crippen molar-refractivity contribution in [1.29, 1.82) is 0 Å². The highest BCUT2D eigenvalue weighted by atomic mass is 19.4. The summed E-state index contributed by atoms with van der Waals surface area (Å²) in [5.41, 5.74) is -0.0665. The summed E-state index contributed by atoms with van der Waals surface area (Å²) in [5, 5.41) is 3.38. The minimum absolute atomic E-state index is 0.0665. The largest absolute Gasteiger partial charge is 0.522 e. The van der Waals surface area contributed by atoms with Gasteiger partial charge in [0.25, 0.3) is 0 Å². The molecule has 1 heterocycles. The predicted molar refractivity (Wildman–Crippen MR) is 59.7 cm³/mol. The Morgan fingerprint density at radius 3 is 2.65 bits per heavy atom. The van der Waals surface area contributed by atoms with Crippen molar-refractivity contribution in [3.8, 4) is 0 Å². The van der Waals surface area contributed by atoms with Gasteiger partial charge in [0.05, 0.1) is 6.61 Å². The quantitative estimate of drug-likeness (QED) is 0.833. The molecule has 0 amide bonds. The van der Waals surface area contributed by atoms with Crippen LogP contribution in [0.4, 0.5) is 13.2 Å². The fraction of sp³-hybridized carbons (Fsp3) is 1.00. The molecule has 0 saturated carbocycles. The maximum absolute atomic E-state index is 11.9. The summed E-state index contributed by atoms with van der Waals surface area (Å²) in [6.07, 6.45) is -3.59. The van der Waals surface area contributed by atoms with Crippen LogP contribution < -0.4 is 5.32 Å². The lowest BCUT2D eigenvalue weighted by atomic mass is 10.1. The highest BCUT2D eigenvalue weighted by Crippen LogP contribution is 2.18. The summed E-state index contributed by atoms with van der Waals surface area (Å²) in [6, 6.07) is 0.279. The standard InChI is InChI=1S/C11H21F3N2O/c1-9-4-5-15-10(2,3)8-16(9)6-7-17-11(12,13)14/h9,15H,4-8H2,1-3H3. The molecule has 1 rings (SSSR count). The fourth-order valence-corrected chi connectivity index (χ4v) is 2.10. The van der Waals surface area contributed by atoms with Crippen molar-refractivity contribution in [2.45, 2.75) is 45.1 Å². The van der Waals surface area contributed by atoms with Crippen LogP contribution in [-0.4, -0.2) is 49.1 Å². The number of hydrogen-bond donors (Lipinski definition) is 1. The lowest BCUT2D eigenvalue weighted by molar-refractivity contribution is -0.325. The Kier molecular flexibility index (Phi) is 4.80. The summed E-state index contributed by atoms with van der Waals surface area (Å²) in [5.74, 6) is 0. The molecule has 1 saturated heterocycles. The van der Waals surface area contributed by atoms with Gasteiger partial charge in [-0.25, -0.2) is 0 Å². The van der Waals surface area contributed by atoms with E-state index in [1.54, 1.807) is 0 Å². The van der Waals surface area contributed by atoms with E-state index in [0.717, 1.165) is 19.5 Å². The van der Waals surface area contributed by atoms with Crippen LogP contribution >= 0.6 is 0 Å². The van der Waals surface area contributed by atoms with Crippen LogP contribution in [0.1, 0.15) is 27.2 Å². The van der Waals surface area contributed by atoms with Gasteiger partial charge < -0.3 is 5.32 Å². The van der Waals surface area contributed by atoms with E-state index >= 15 is 0 Å². The SMILES string of the molecule is CC1CCNC(C)(C)CN1CCOC(F)(F)F. The third kappa shape index (κ3) is 5.70. The number of alkyl halides is 3. The highest BCUT2D eigenvalue weighted by Gasteiger charge is 2.31. The van der Waals surface area contributed by atoms with Gasteiger partial charge in [-0.05, 0) is 33.7 Å². The molecular formula is C11H21F3N2O. The van der Waals surface area contributed by atoms with Crippen LogP contribution in [-0.2, 0) is 4.74 Å². The van der Waals surface area contributed by atoms with E-state index in [1.807, 2.05) is 11.8 Å². The van der Waals surface area contributed by atoms with Gasteiger partial charge in [-0.15, -0.1) is 13.2 Å². The zero-order valence-corrected chi connectivity index (χ0v) is 10.6. The first-order valence-electron chi connectivity index (χ1n) is 5.89. The molecular weight excluding hydrogens is 233 g/mol. The van der Waals surface area contributed by atoms with E-state index in [1.165, 1.54) is 0 Å². The zero-order valence-electron chi connectivity index (χ0n) is 10.6. The molecule has 1 unspecified atom stereocenters. The van der Waals surface area contributed by atoms with Gasteiger partial charge in [0.2, 0.25) is 0 Å². The molecule has 0 aliphatic carbocycles. The summed E-state index contributed by atoms with van der Waals surface area (Å²) in [4.78, 5) is 2.05. The van der Waals surface area contributed by atoms with Crippen molar-refractivity contribution in [2.24, 2.45) is 0 Å². The van der Waals surface area contributed by atoms with Crippen molar-refractivity contribution in [3.63, 3.8) is 0 Å². The minimum atomic E-state index is -4.52. The highest BCUT2D eigenvalue weighted by molar-refractivity contribution is 4.87. The maximum Gasteiger partial charge on any atom is 0.522 e. The number of nitrogens with one attached hydrogen (secondary N) is 1. The van der Waals surface area contributed by atoms with Gasteiger partial charge in [0.1, 0.15) is 0 Å². The topological polar surface area (TPSA) is 24.5 Å². The van der Waals surface area contributed by atoms with Crippen molar-refractivity contribution in [1.82, 2.24) is 10.2 Å². The summed E-state index contributed by atoms with van der Waals surface area (Å²) < 4.78 is 39.5. The average molecular weight is 254 g/mol. The number of hydrogen-bond acceptors (Lipinski definition) is 3. The molecule has 0 radical (unpaired) electrons.